The van der Waals surface area contributed by atoms with Crippen molar-refractivity contribution in [3.8, 4) is 5.88 Å². The number of likely N-dealkylation sites (tertiary alicyclic amines) is 1. The van der Waals surface area contributed by atoms with E-state index in [9.17, 15) is 19.5 Å². The van der Waals surface area contributed by atoms with E-state index in [0.29, 0.717) is 6.08 Å². The van der Waals surface area contributed by atoms with Crippen LogP contribution in [0.15, 0.2) is 36.4 Å². The molecule has 2 fully saturated rings. The SMILES string of the molecule is C[C@@H]1CCC[C@H]1OC(=O)N[C@H](C(=O)N1C[C@H](Oc2nc3ccccc3nc2C(F)(F)/C=C/CO)C[C@H]1C(=O)O)C(C)(C)C. The number of carboxylic acid groups (broad SMARTS) is 1. The number of nitrogens with one attached hydrogen (secondary N) is 1. The number of aliphatic hydroxyl groups excluding tert-OH is 1. The zero-order valence-corrected chi connectivity index (χ0v) is 24.6. The third kappa shape index (κ3) is 7.38. The molecule has 2 aromatic rings. The van der Waals surface area contributed by atoms with Crippen molar-refractivity contribution in [1.82, 2.24) is 20.2 Å². The van der Waals surface area contributed by atoms with Gasteiger partial charge < -0.3 is 29.9 Å². The Balaban J connectivity index is 1.59. The number of aromatic nitrogens is 2. The number of carboxylic acids is 1. The van der Waals surface area contributed by atoms with E-state index >= 15 is 8.78 Å². The number of alkyl carbamates (subject to hydrolysis) is 1. The summed E-state index contributed by atoms with van der Waals surface area (Å²) in [6.45, 7) is 6.30. The number of amides is 2. The number of ether oxygens (including phenoxy) is 2. The Bertz CT molecular complexity index is 1380. The highest BCUT2D eigenvalue weighted by Gasteiger charge is 2.47. The monoisotopic (exact) mass is 604 g/mol. The van der Waals surface area contributed by atoms with Crippen LogP contribution >= 0.6 is 0 Å². The summed E-state index contributed by atoms with van der Waals surface area (Å²) in [6.07, 6.45) is 1.67. The number of carbonyl (C=O) groups excluding carboxylic acids is 2. The predicted octanol–water partition coefficient (Wildman–Crippen LogP) is 4.03. The highest BCUT2D eigenvalue weighted by Crippen LogP contribution is 2.37. The van der Waals surface area contributed by atoms with Crippen LogP contribution in [-0.2, 0) is 20.2 Å². The first-order chi connectivity index (χ1) is 20.2. The summed E-state index contributed by atoms with van der Waals surface area (Å²) in [5, 5.41) is 21.7. The molecule has 3 N–H and O–H groups in total. The lowest BCUT2D eigenvalue weighted by Gasteiger charge is -2.34. The van der Waals surface area contributed by atoms with Crippen molar-refractivity contribution in [2.24, 2.45) is 11.3 Å². The van der Waals surface area contributed by atoms with Gasteiger partial charge in [-0.3, -0.25) is 4.79 Å². The van der Waals surface area contributed by atoms with E-state index in [1.807, 2.05) is 6.92 Å². The van der Waals surface area contributed by atoms with Gasteiger partial charge in [0, 0.05) is 6.42 Å². The topological polar surface area (TPSA) is 151 Å². The number of allylic oxidation sites excluding steroid dienone is 1. The average Bonchev–Trinajstić information content (AvgIpc) is 3.55. The fraction of sp³-hybridized carbons (Fsp3) is 0.567. The zero-order valence-electron chi connectivity index (χ0n) is 24.6. The number of hydrogen-bond acceptors (Lipinski definition) is 8. The van der Waals surface area contributed by atoms with Crippen molar-refractivity contribution in [2.75, 3.05) is 13.2 Å². The van der Waals surface area contributed by atoms with E-state index in [0.717, 1.165) is 30.2 Å². The lowest BCUT2D eigenvalue weighted by atomic mass is 9.85. The van der Waals surface area contributed by atoms with Gasteiger partial charge >= 0.3 is 18.0 Å². The smallest absolute Gasteiger partial charge is 0.408 e. The second kappa shape index (κ2) is 12.8. The summed E-state index contributed by atoms with van der Waals surface area (Å²) >= 11 is 0. The molecule has 1 aromatic carbocycles. The highest BCUT2D eigenvalue weighted by molar-refractivity contribution is 5.90. The van der Waals surface area contributed by atoms with E-state index in [1.54, 1.807) is 39.0 Å². The molecule has 2 heterocycles. The molecule has 234 valence electrons. The maximum Gasteiger partial charge on any atom is 0.408 e. The van der Waals surface area contributed by atoms with Crippen LogP contribution in [0.3, 0.4) is 0 Å². The Labute approximate surface area is 248 Å². The molecule has 4 rings (SSSR count). The van der Waals surface area contributed by atoms with Crippen LogP contribution in [0.5, 0.6) is 5.88 Å². The van der Waals surface area contributed by atoms with Crippen LogP contribution in [-0.4, -0.2) is 80.5 Å². The van der Waals surface area contributed by atoms with Gasteiger partial charge in [0.1, 0.15) is 24.3 Å². The zero-order chi connectivity index (χ0) is 31.5. The average molecular weight is 605 g/mol. The first kappa shape index (κ1) is 32.1. The highest BCUT2D eigenvalue weighted by atomic mass is 19.3. The van der Waals surface area contributed by atoms with Gasteiger partial charge in [-0.2, -0.15) is 8.78 Å². The molecule has 1 saturated heterocycles. The van der Waals surface area contributed by atoms with Crippen LogP contribution in [0.1, 0.15) is 59.1 Å². The molecule has 43 heavy (non-hydrogen) atoms. The molecule has 11 nitrogen and oxygen atoms in total. The minimum Gasteiger partial charge on any atom is -0.480 e. The maximum atomic E-state index is 15.2. The second-order valence-electron chi connectivity index (χ2n) is 12.2. The molecular formula is C30H38F2N4O7. The van der Waals surface area contributed by atoms with Gasteiger partial charge in [0.2, 0.25) is 11.8 Å². The number of aliphatic hydroxyl groups is 1. The lowest BCUT2D eigenvalue weighted by Crippen LogP contribution is -2.57. The number of benzene rings is 1. The molecule has 0 radical (unpaired) electrons. The van der Waals surface area contributed by atoms with Crippen LogP contribution in [0.25, 0.3) is 11.0 Å². The van der Waals surface area contributed by atoms with Crippen LogP contribution in [0.4, 0.5) is 13.6 Å². The number of halogens is 2. The minimum atomic E-state index is -3.67. The first-order valence-corrected chi connectivity index (χ1v) is 14.3. The van der Waals surface area contributed by atoms with Crippen LogP contribution in [0, 0.1) is 11.3 Å². The van der Waals surface area contributed by atoms with Crippen molar-refractivity contribution < 1.29 is 42.9 Å². The van der Waals surface area contributed by atoms with Gasteiger partial charge in [-0.1, -0.05) is 45.9 Å². The number of para-hydroxylation sites is 2. The fourth-order valence-corrected chi connectivity index (χ4v) is 5.47. The van der Waals surface area contributed by atoms with E-state index in [-0.39, 0.29) is 36.0 Å². The number of rotatable bonds is 9. The van der Waals surface area contributed by atoms with Crippen molar-refractivity contribution in [3.63, 3.8) is 0 Å². The standard InChI is InChI=1S/C30H38F2N4O7/c1-17-9-7-12-22(17)43-28(41)35-24(29(2,3)4)26(38)36-16-18(15-21(36)27(39)40)42-25-23(30(31,32)13-8-14-37)33-19-10-5-6-11-20(19)34-25/h5-6,8,10-11,13,17-18,21-22,24,37H,7,9,12,14-16H2,1-4H3,(H,35,41)(H,39,40)/b13-8+/t17-,18-,21+,22-,24-/m1/s1. The summed E-state index contributed by atoms with van der Waals surface area (Å²) < 4.78 is 41.7. The van der Waals surface area contributed by atoms with Crippen molar-refractivity contribution in [3.05, 3.63) is 42.1 Å². The Morgan fingerprint density at radius 3 is 2.42 bits per heavy atom. The molecule has 0 spiro atoms. The van der Waals surface area contributed by atoms with E-state index in [2.05, 4.69) is 15.3 Å². The second-order valence-corrected chi connectivity index (χ2v) is 12.2. The van der Waals surface area contributed by atoms with Crippen molar-refractivity contribution >= 4 is 29.0 Å². The third-order valence-electron chi connectivity index (χ3n) is 7.81. The third-order valence-corrected chi connectivity index (χ3v) is 7.81. The quantitative estimate of drug-likeness (QED) is 0.360. The summed E-state index contributed by atoms with van der Waals surface area (Å²) in [4.78, 5) is 48.3. The van der Waals surface area contributed by atoms with Crippen molar-refractivity contribution in [2.45, 2.75) is 83.6 Å². The molecular weight excluding hydrogens is 566 g/mol. The number of carbonyl (C=O) groups is 3. The van der Waals surface area contributed by atoms with E-state index in [1.165, 1.54) is 6.07 Å². The molecule has 0 unspecified atom stereocenters. The molecule has 1 aromatic heterocycles. The molecule has 1 saturated carbocycles. The van der Waals surface area contributed by atoms with Gasteiger partial charge in [-0.25, -0.2) is 19.6 Å². The van der Waals surface area contributed by atoms with Crippen LogP contribution < -0.4 is 10.1 Å². The Hall–Kier alpha value is -3.87. The summed E-state index contributed by atoms with van der Waals surface area (Å²) in [6, 6.07) is 3.86. The first-order valence-electron chi connectivity index (χ1n) is 14.3. The number of nitrogens with zero attached hydrogens (tertiary/aromatic N) is 3. The molecule has 0 bridgehead atoms. The number of alkyl halides is 2. The minimum absolute atomic E-state index is 0.187. The van der Waals surface area contributed by atoms with Gasteiger partial charge in [0.05, 0.1) is 24.2 Å². The predicted molar refractivity (Wildman–Crippen MR) is 151 cm³/mol. The van der Waals surface area contributed by atoms with Gasteiger partial charge in [0.15, 0.2) is 5.69 Å². The van der Waals surface area contributed by atoms with Crippen molar-refractivity contribution in [1.29, 1.82) is 0 Å². The molecule has 1 aliphatic carbocycles. The van der Waals surface area contributed by atoms with Gasteiger partial charge in [0.25, 0.3) is 0 Å². The Kier molecular flexibility index (Phi) is 9.53. The molecule has 5 atom stereocenters. The maximum absolute atomic E-state index is 15.2. The number of aliphatic carboxylic acids is 1. The number of hydrogen-bond donors (Lipinski definition) is 3. The van der Waals surface area contributed by atoms with Crippen LogP contribution in [0.2, 0.25) is 0 Å². The van der Waals surface area contributed by atoms with Gasteiger partial charge in [-0.15, -0.1) is 0 Å². The summed E-state index contributed by atoms with van der Waals surface area (Å²) in [5.41, 5.74) is -1.18. The fourth-order valence-electron chi connectivity index (χ4n) is 5.47. The van der Waals surface area contributed by atoms with E-state index in [4.69, 9.17) is 14.6 Å². The normalized spacial score (nSPS) is 23.5. The molecule has 2 aliphatic rings. The number of fused-ring (bicyclic) bond motifs is 1. The summed E-state index contributed by atoms with van der Waals surface area (Å²) in [7, 11) is 0. The molecule has 13 heteroatoms. The summed E-state index contributed by atoms with van der Waals surface area (Å²) in [5.74, 6) is -5.97. The molecule has 2 amide bonds. The van der Waals surface area contributed by atoms with E-state index < -0.39 is 65.7 Å². The lowest BCUT2D eigenvalue weighted by molar-refractivity contribution is -0.150. The molecule has 1 aliphatic heterocycles. The Morgan fingerprint density at radius 1 is 1.16 bits per heavy atom. The Morgan fingerprint density at radius 2 is 1.84 bits per heavy atom. The largest absolute Gasteiger partial charge is 0.480 e. The van der Waals surface area contributed by atoms with Gasteiger partial charge in [-0.05, 0) is 48.8 Å².